The van der Waals surface area contributed by atoms with E-state index in [0.717, 1.165) is 5.56 Å². The second-order valence-electron chi connectivity index (χ2n) is 5.58. The van der Waals surface area contributed by atoms with Crippen molar-refractivity contribution in [2.45, 2.75) is 40.2 Å². The molecule has 2 aromatic carbocycles. The molecule has 0 aliphatic rings. The van der Waals surface area contributed by atoms with Crippen molar-refractivity contribution < 1.29 is 4.39 Å². The second-order valence-corrected chi connectivity index (χ2v) is 5.58. The molecule has 0 radical (unpaired) electrons. The lowest BCUT2D eigenvalue weighted by Gasteiger charge is -2.21. The monoisotopic (exact) mass is 271 g/mol. The third kappa shape index (κ3) is 2.75. The van der Waals surface area contributed by atoms with Gasteiger partial charge >= 0.3 is 0 Å². The molecule has 2 aromatic rings. The van der Waals surface area contributed by atoms with Gasteiger partial charge in [0.25, 0.3) is 0 Å². The maximum atomic E-state index is 13.8. The molecule has 1 nitrogen and oxygen atoms in total. The quantitative estimate of drug-likeness (QED) is 0.885. The summed E-state index contributed by atoms with van der Waals surface area (Å²) in [6.45, 7) is 8.39. The van der Waals surface area contributed by atoms with Gasteiger partial charge in [0.1, 0.15) is 5.82 Å². The van der Waals surface area contributed by atoms with Gasteiger partial charge in [0.2, 0.25) is 0 Å². The van der Waals surface area contributed by atoms with Gasteiger partial charge in [-0.2, -0.15) is 0 Å². The Bertz CT molecular complexity index is 605. The van der Waals surface area contributed by atoms with Crippen molar-refractivity contribution in [2.24, 2.45) is 5.73 Å². The van der Waals surface area contributed by atoms with Gasteiger partial charge in [-0.1, -0.05) is 24.3 Å². The summed E-state index contributed by atoms with van der Waals surface area (Å²) < 4.78 is 13.8. The Morgan fingerprint density at radius 1 is 1.00 bits per heavy atom. The van der Waals surface area contributed by atoms with Gasteiger partial charge in [0.05, 0.1) is 0 Å². The molecule has 1 unspecified atom stereocenters. The minimum Gasteiger partial charge on any atom is -0.324 e. The van der Waals surface area contributed by atoms with Crippen molar-refractivity contribution in [3.8, 4) is 0 Å². The van der Waals surface area contributed by atoms with Crippen LogP contribution in [-0.4, -0.2) is 0 Å². The zero-order valence-corrected chi connectivity index (χ0v) is 12.6. The van der Waals surface area contributed by atoms with Crippen molar-refractivity contribution in [1.29, 1.82) is 0 Å². The first-order chi connectivity index (χ1) is 9.41. The van der Waals surface area contributed by atoms with Crippen molar-refractivity contribution in [1.82, 2.24) is 0 Å². The van der Waals surface area contributed by atoms with Crippen LogP contribution in [0, 0.1) is 33.5 Å². The average Bonchev–Trinajstić information content (AvgIpc) is 2.39. The lowest BCUT2D eigenvalue weighted by Crippen LogP contribution is -2.18. The highest BCUT2D eigenvalue weighted by Gasteiger charge is 2.17. The zero-order chi connectivity index (χ0) is 14.9. The van der Waals surface area contributed by atoms with Crippen LogP contribution in [0.3, 0.4) is 0 Å². The summed E-state index contributed by atoms with van der Waals surface area (Å²) in [5.41, 5.74) is 13.1. The van der Waals surface area contributed by atoms with Crippen molar-refractivity contribution in [2.75, 3.05) is 0 Å². The van der Waals surface area contributed by atoms with Crippen LogP contribution < -0.4 is 5.73 Å². The van der Waals surface area contributed by atoms with Crippen LogP contribution in [0.25, 0.3) is 0 Å². The van der Waals surface area contributed by atoms with E-state index in [1.807, 2.05) is 12.1 Å². The summed E-state index contributed by atoms with van der Waals surface area (Å²) >= 11 is 0. The Labute approximate surface area is 120 Å². The number of hydrogen-bond acceptors (Lipinski definition) is 1. The molecule has 20 heavy (non-hydrogen) atoms. The van der Waals surface area contributed by atoms with E-state index in [9.17, 15) is 4.39 Å². The Morgan fingerprint density at radius 3 is 2.10 bits per heavy atom. The van der Waals surface area contributed by atoms with E-state index in [1.54, 1.807) is 6.07 Å². The summed E-state index contributed by atoms with van der Waals surface area (Å²) in [4.78, 5) is 0. The van der Waals surface area contributed by atoms with Gasteiger partial charge in [0.15, 0.2) is 0 Å². The highest BCUT2D eigenvalue weighted by molar-refractivity contribution is 5.46. The third-order valence-electron chi connectivity index (χ3n) is 4.19. The lowest BCUT2D eigenvalue weighted by molar-refractivity contribution is 0.592. The summed E-state index contributed by atoms with van der Waals surface area (Å²) in [5.74, 6) is -0.178. The van der Waals surface area contributed by atoms with Gasteiger partial charge in [-0.15, -0.1) is 0 Å². The van der Waals surface area contributed by atoms with Gasteiger partial charge < -0.3 is 5.73 Å². The minimum atomic E-state index is -0.178. The van der Waals surface area contributed by atoms with Crippen LogP contribution in [0.5, 0.6) is 0 Å². The van der Waals surface area contributed by atoms with E-state index in [4.69, 9.17) is 5.73 Å². The molecule has 0 bridgehead atoms. The highest BCUT2D eigenvalue weighted by Crippen LogP contribution is 2.28. The summed E-state index contributed by atoms with van der Waals surface area (Å²) in [6, 6.07) is 8.87. The molecule has 106 valence electrons. The predicted molar refractivity (Wildman–Crippen MR) is 82.4 cm³/mol. The lowest BCUT2D eigenvalue weighted by atomic mass is 9.87. The first-order valence-electron chi connectivity index (χ1n) is 6.98. The van der Waals surface area contributed by atoms with Crippen LogP contribution in [-0.2, 0) is 6.42 Å². The van der Waals surface area contributed by atoms with Gasteiger partial charge in [-0.25, -0.2) is 4.39 Å². The number of rotatable bonds is 3. The third-order valence-corrected chi connectivity index (χ3v) is 4.19. The van der Waals surface area contributed by atoms with Crippen LogP contribution >= 0.6 is 0 Å². The molecule has 2 heteroatoms. The Balaban J connectivity index is 2.40. The van der Waals surface area contributed by atoms with Crippen LogP contribution in [0.4, 0.5) is 4.39 Å². The van der Waals surface area contributed by atoms with E-state index < -0.39 is 0 Å². The van der Waals surface area contributed by atoms with E-state index >= 15 is 0 Å². The van der Waals surface area contributed by atoms with E-state index in [-0.39, 0.29) is 11.9 Å². The van der Waals surface area contributed by atoms with Gasteiger partial charge in [-0.3, -0.25) is 0 Å². The fraction of sp³-hybridized carbons (Fsp3) is 0.333. The zero-order valence-electron chi connectivity index (χ0n) is 12.6. The van der Waals surface area contributed by atoms with Crippen molar-refractivity contribution in [3.05, 3.63) is 69.5 Å². The molecule has 0 aliphatic carbocycles. The second kappa shape index (κ2) is 5.76. The minimum absolute atomic E-state index is 0.175. The number of aryl methyl sites for hydroxylation is 2. The summed E-state index contributed by atoms with van der Waals surface area (Å²) in [5, 5.41) is 0. The number of halogens is 1. The maximum Gasteiger partial charge on any atom is 0.126 e. The maximum absolute atomic E-state index is 13.8. The number of nitrogens with two attached hydrogens (primary N) is 1. The van der Waals surface area contributed by atoms with Crippen LogP contribution in [0.1, 0.15) is 39.4 Å². The number of benzene rings is 2. The molecular weight excluding hydrogens is 249 g/mol. The van der Waals surface area contributed by atoms with E-state index in [0.29, 0.717) is 12.0 Å². The molecule has 0 aliphatic heterocycles. The van der Waals surface area contributed by atoms with Crippen LogP contribution in [0.15, 0.2) is 30.3 Å². The fourth-order valence-electron chi connectivity index (χ4n) is 2.81. The SMILES string of the molecule is Cc1cc(C)c(C)c(C(N)Cc2ccccc2F)c1C. The smallest absolute Gasteiger partial charge is 0.126 e. The molecule has 0 spiro atoms. The topological polar surface area (TPSA) is 26.0 Å². The van der Waals surface area contributed by atoms with E-state index in [2.05, 4.69) is 33.8 Å². The Hall–Kier alpha value is -1.67. The molecule has 0 saturated carbocycles. The standard InChI is InChI=1S/C18H22FN/c1-11-9-12(2)14(4)18(13(11)3)17(20)10-15-7-5-6-8-16(15)19/h5-9,17H,10,20H2,1-4H3. The first kappa shape index (κ1) is 14.7. The molecule has 0 heterocycles. The first-order valence-corrected chi connectivity index (χ1v) is 6.98. The van der Waals surface area contributed by atoms with Gasteiger partial charge in [0, 0.05) is 6.04 Å². The molecule has 0 fully saturated rings. The summed E-state index contributed by atoms with van der Waals surface area (Å²) in [6.07, 6.45) is 0.525. The molecule has 2 N–H and O–H groups in total. The highest BCUT2D eigenvalue weighted by atomic mass is 19.1. The largest absolute Gasteiger partial charge is 0.324 e. The van der Waals surface area contributed by atoms with Gasteiger partial charge in [-0.05, 0) is 73.6 Å². The number of hydrogen-bond donors (Lipinski definition) is 1. The van der Waals surface area contributed by atoms with Crippen molar-refractivity contribution in [3.63, 3.8) is 0 Å². The molecule has 0 saturated heterocycles. The fourth-order valence-corrected chi connectivity index (χ4v) is 2.81. The molecule has 2 rings (SSSR count). The molecule has 0 aromatic heterocycles. The predicted octanol–water partition coefficient (Wildman–Crippen LogP) is 4.30. The Morgan fingerprint density at radius 2 is 1.55 bits per heavy atom. The molecule has 1 atom stereocenters. The summed E-state index contributed by atoms with van der Waals surface area (Å²) in [7, 11) is 0. The van der Waals surface area contributed by atoms with Crippen molar-refractivity contribution >= 4 is 0 Å². The normalized spacial score (nSPS) is 12.5. The Kier molecular flexibility index (Phi) is 4.24. The van der Waals surface area contributed by atoms with Crippen LogP contribution in [0.2, 0.25) is 0 Å². The average molecular weight is 271 g/mol. The van der Waals surface area contributed by atoms with E-state index in [1.165, 1.54) is 28.3 Å². The molecule has 0 amide bonds. The molecular formula is C18H22FN.